The molecule has 0 radical (unpaired) electrons. The van der Waals surface area contributed by atoms with Gasteiger partial charge in [-0.3, -0.25) is 4.79 Å². The number of aromatic nitrogens is 1. The molecule has 1 amide bonds. The maximum absolute atomic E-state index is 12.0. The Morgan fingerprint density at radius 3 is 1.92 bits per heavy atom. The standard InChI is InChI=1S/C20H27N3O/c1-19(2,3)14-7-9-15(10-8-14)22-17-12-11-16(13-21-17)23-18(24)20(4,5)6/h7-13H,1-6H3,(H,21,22)(H,23,24). The van der Waals surface area contributed by atoms with Crippen LogP contribution in [0.1, 0.15) is 47.1 Å². The molecule has 0 saturated carbocycles. The number of benzene rings is 1. The predicted molar refractivity (Wildman–Crippen MR) is 101 cm³/mol. The monoisotopic (exact) mass is 325 g/mol. The van der Waals surface area contributed by atoms with Gasteiger partial charge in [-0.15, -0.1) is 0 Å². The number of rotatable bonds is 3. The van der Waals surface area contributed by atoms with Gasteiger partial charge in [-0.25, -0.2) is 4.98 Å². The summed E-state index contributed by atoms with van der Waals surface area (Å²) in [6.07, 6.45) is 1.66. The SMILES string of the molecule is CC(C)(C)C(=O)Nc1ccc(Nc2ccc(C(C)(C)C)cc2)nc1. The number of amides is 1. The quantitative estimate of drug-likeness (QED) is 0.824. The fourth-order valence-electron chi connectivity index (χ4n) is 2.06. The molecule has 0 bridgehead atoms. The number of anilines is 3. The van der Waals surface area contributed by atoms with E-state index in [0.29, 0.717) is 5.69 Å². The van der Waals surface area contributed by atoms with E-state index >= 15 is 0 Å². The first-order valence-corrected chi connectivity index (χ1v) is 8.21. The van der Waals surface area contributed by atoms with Gasteiger partial charge in [0.2, 0.25) is 5.91 Å². The van der Waals surface area contributed by atoms with Crippen molar-refractivity contribution in [3.8, 4) is 0 Å². The molecule has 0 saturated heterocycles. The number of pyridine rings is 1. The van der Waals surface area contributed by atoms with E-state index in [9.17, 15) is 4.79 Å². The summed E-state index contributed by atoms with van der Waals surface area (Å²) in [5.41, 5.74) is 2.70. The third-order valence-corrected chi connectivity index (χ3v) is 3.73. The zero-order valence-electron chi connectivity index (χ0n) is 15.4. The van der Waals surface area contributed by atoms with Gasteiger partial charge in [0.05, 0.1) is 11.9 Å². The maximum atomic E-state index is 12.0. The molecule has 2 rings (SSSR count). The van der Waals surface area contributed by atoms with Gasteiger partial charge in [-0.2, -0.15) is 0 Å². The second-order valence-electron chi connectivity index (χ2n) is 8.09. The van der Waals surface area contributed by atoms with Crippen molar-refractivity contribution in [3.05, 3.63) is 48.2 Å². The molecule has 0 aliphatic rings. The highest BCUT2D eigenvalue weighted by Gasteiger charge is 2.21. The van der Waals surface area contributed by atoms with Crippen molar-refractivity contribution in [2.75, 3.05) is 10.6 Å². The van der Waals surface area contributed by atoms with Crippen LogP contribution < -0.4 is 10.6 Å². The lowest BCUT2D eigenvalue weighted by Gasteiger charge is -2.19. The Labute approximate surface area is 144 Å². The molecule has 0 spiro atoms. The minimum absolute atomic E-state index is 0.0252. The third-order valence-electron chi connectivity index (χ3n) is 3.73. The number of hydrogen-bond acceptors (Lipinski definition) is 3. The normalized spacial score (nSPS) is 11.9. The molecule has 128 valence electrons. The summed E-state index contributed by atoms with van der Waals surface area (Å²) in [7, 11) is 0. The van der Waals surface area contributed by atoms with Crippen molar-refractivity contribution < 1.29 is 4.79 Å². The Bertz CT molecular complexity index is 690. The topological polar surface area (TPSA) is 54.0 Å². The van der Waals surface area contributed by atoms with Crippen LogP contribution in [0.5, 0.6) is 0 Å². The van der Waals surface area contributed by atoms with Gasteiger partial charge in [0.1, 0.15) is 5.82 Å². The minimum atomic E-state index is -0.425. The van der Waals surface area contributed by atoms with Crippen molar-refractivity contribution in [2.24, 2.45) is 5.41 Å². The molecular formula is C20H27N3O. The number of carbonyl (C=O) groups is 1. The molecule has 0 atom stereocenters. The van der Waals surface area contributed by atoms with Gasteiger partial charge in [0, 0.05) is 11.1 Å². The van der Waals surface area contributed by atoms with Crippen LogP contribution in [0.15, 0.2) is 42.6 Å². The highest BCUT2D eigenvalue weighted by Crippen LogP contribution is 2.25. The minimum Gasteiger partial charge on any atom is -0.340 e. The Morgan fingerprint density at radius 1 is 0.875 bits per heavy atom. The predicted octanol–water partition coefficient (Wildman–Crippen LogP) is 5.11. The van der Waals surface area contributed by atoms with Crippen LogP contribution >= 0.6 is 0 Å². The van der Waals surface area contributed by atoms with Gasteiger partial charge in [0.15, 0.2) is 0 Å². The molecule has 0 unspecified atom stereocenters. The van der Waals surface area contributed by atoms with Crippen LogP contribution in [0.2, 0.25) is 0 Å². The Hall–Kier alpha value is -2.36. The maximum Gasteiger partial charge on any atom is 0.229 e. The molecule has 24 heavy (non-hydrogen) atoms. The van der Waals surface area contributed by atoms with Gasteiger partial charge in [0.25, 0.3) is 0 Å². The fourth-order valence-corrected chi connectivity index (χ4v) is 2.06. The Balaban J connectivity index is 2.03. The van der Waals surface area contributed by atoms with Crippen LogP contribution in [0, 0.1) is 5.41 Å². The smallest absolute Gasteiger partial charge is 0.229 e. The van der Waals surface area contributed by atoms with E-state index in [1.54, 1.807) is 6.20 Å². The summed E-state index contributed by atoms with van der Waals surface area (Å²) in [6, 6.07) is 12.1. The zero-order valence-corrected chi connectivity index (χ0v) is 15.4. The summed E-state index contributed by atoms with van der Waals surface area (Å²) < 4.78 is 0. The van der Waals surface area contributed by atoms with E-state index < -0.39 is 5.41 Å². The van der Waals surface area contributed by atoms with E-state index in [-0.39, 0.29) is 11.3 Å². The molecule has 0 aliphatic carbocycles. The van der Waals surface area contributed by atoms with Gasteiger partial charge in [-0.05, 0) is 35.2 Å². The number of nitrogens with one attached hydrogen (secondary N) is 2. The van der Waals surface area contributed by atoms with Crippen molar-refractivity contribution in [1.29, 1.82) is 0 Å². The molecule has 2 aromatic rings. The molecule has 1 aromatic heterocycles. The number of hydrogen-bond donors (Lipinski definition) is 2. The highest BCUT2D eigenvalue weighted by atomic mass is 16.2. The summed E-state index contributed by atoms with van der Waals surface area (Å²) in [5.74, 6) is 0.718. The van der Waals surface area contributed by atoms with Crippen LogP contribution in [-0.2, 0) is 10.2 Å². The second kappa shape index (κ2) is 6.63. The summed E-state index contributed by atoms with van der Waals surface area (Å²) in [4.78, 5) is 16.3. The molecule has 2 N–H and O–H groups in total. The molecule has 0 fully saturated rings. The van der Waals surface area contributed by atoms with E-state index in [1.807, 2.05) is 32.9 Å². The largest absolute Gasteiger partial charge is 0.340 e. The summed E-state index contributed by atoms with van der Waals surface area (Å²) in [6.45, 7) is 12.2. The van der Waals surface area contributed by atoms with Crippen LogP contribution in [-0.4, -0.2) is 10.9 Å². The van der Waals surface area contributed by atoms with Gasteiger partial charge in [-0.1, -0.05) is 53.7 Å². The average molecular weight is 325 g/mol. The average Bonchev–Trinajstić information content (AvgIpc) is 2.48. The van der Waals surface area contributed by atoms with Crippen molar-refractivity contribution >= 4 is 23.1 Å². The second-order valence-corrected chi connectivity index (χ2v) is 8.09. The van der Waals surface area contributed by atoms with Crippen LogP contribution in [0.25, 0.3) is 0 Å². The molecule has 4 heteroatoms. The van der Waals surface area contributed by atoms with Gasteiger partial charge >= 0.3 is 0 Å². The Kier molecular flexibility index (Phi) is 4.97. The molecule has 0 aliphatic heterocycles. The molecule has 4 nitrogen and oxygen atoms in total. The lowest BCUT2D eigenvalue weighted by molar-refractivity contribution is -0.123. The van der Waals surface area contributed by atoms with E-state index in [0.717, 1.165) is 11.5 Å². The summed E-state index contributed by atoms with van der Waals surface area (Å²) in [5, 5.41) is 6.14. The first-order valence-electron chi connectivity index (χ1n) is 8.21. The van der Waals surface area contributed by atoms with Crippen molar-refractivity contribution in [3.63, 3.8) is 0 Å². The summed E-state index contributed by atoms with van der Waals surface area (Å²) >= 11 is 0. The van der Waals surface area contributed by atoms with Crippen LogP contribution in [0.3, 0.4) is 0 Å². The van der Waals surface area contributed by atoms with Crippen molar-refractivity contribution in [1.82, 2.24) is 4.98 Å². The lowest BCUT2D eigenvalue weighted by atomic mass is 9.87. The molecular weight excluding hydrogens is 298 g/mol. The number of carbonyl (C=O) groups excluding carboxylic acids is 1. The highest BCUT2D eigenvalue weighted by molar-refractivity contribution is 5.94. The third kappa shape index (κ3) is 4.82. The van der Waals surface area contributed by atoms with Crippen molar-refractivity contribution in [2.45, 2.75) is 47.0 Å². The first kappa shape index (κ1) is 18.0. The molecule has 1 heterocycles. The Morgan fingerprint density at radius 2 is 1.46 bits per heavy atom. The molecule has 1 aromatic carbocycles. The van der Waals surface area contributed by atoms with Gasteiger partial charge < -0.3 is 10.6 Å². The van der Waals surface area contributed by atoms with E-state index in [1.165, 1.54) is 5.56 Å². The fraction of sp³-hybridized carbons (Fsp3) is 0.400. The zero-order chi connectivity index (χ0) is 18.0. The van der Waals surface area contributed by atoms with E-state index in [4.69, 9.17) is 0 Å². The number of nitrogens with zero attached hydrogens (tertiary/aromatic N) is 1. The lowest BCUT2D eigenvalue weighted by Crippen LogP contribution is -2.27. The van der Waals surface area contributed by atoms with Crippen LogP contribution in [0.4, 0.5) is 17.2 Å². The van der Waals surface area contributed by atoms with E-state index in [2.05, 4.69) is 60.7 Å². The first-order chi connectivity index (χ1) is 11.1.